The molecule has 0 aliphatic rings. The second-order valence-electron chi connectivity index (χ2n) is 5.97. The SMILES string of the molecule is COC(=O)c1c(C)[nH]c(C(=O)[C@H](C)Oc2ccc(C)cc2[N+](=O)[O-])c1C. The summed E-state index contributed by atoms with van der Waals surface area (Å²) in [6.45, 7) is 6.51. The molecule has 2 aromatic rings. The summed E-state index contributed by atoms with van der Waals surface area (Å²) in [4.78, 5) is 38.1. The highest BCUT2D eigenvalue weighted by Gasteiger charge is 2.28. The van der Waals surface area contributed by atoms with Gasteiger partial charge in [-0.05, 0) is 44.9 Å². The third-order valence-corrected chi connectivity index (χ3v) is 4.06. The van der Waals surface area contributed by atoms with E-state index in [0.29, 0.717) is 22.4 Å². The van der Waals surface area contributed by atoms with Crippen molar-refractivity contribution in [3.8, 4) is 5.75 Å². The number of Topliss-reactive ketones (excluding diaryl/α,β-unsaturated/α-hetero) is 1. The Hall–Kier alpha value is -3.16. The molecule has 2 rings (SSSR count). The molecule has 26 heavy (non-hydrogen) atoms. The molecular formula is C18H20N2O6. The number of methoxy groups -OCH3 is 1. The molecule has 0 aliphatic carbocycles. The monoisotopic (exact) mass is 360 g/mol. The Morgan fingerprint density at radius 2 is 1.88 bits per heavy atom. The zero-order valence-electron chi connectivity index (χ0n) is 15.2. The maximum absolute atomic E-state index is 12.7. The van der Waals surface area contributed by atoms with Crippen LogP contribution in [0.25, 0.3) is 0 Å². The van der Waals surface area contributed by atoms with E-state index in [4.69, 9.17) is 9.47 Å². The Bertz CT molecular complexity index is 884. The number of aryl methyl sites for hydroxylation is 2. The molecule has 0 aliphatic heterocycles. The second-order valence-corrected chi connectivity index (χ2v) is 5.97. The number of aromatic amines is 1. The van der Waals surface area contributed by atoms with E-state index in [1.807, 2.05) is 0 Å². The van der Waals surface area contributed by atoms with Crippen molar-refractivity contribution in [2.45, 2.75) is 33.8 Å². The van der Waals surface area contributed by atoms with E-state index in [2.05, 4.69) is 4.98 Å². The van der Waals surface area contributed by atoms with Crippen LogP contribution in [-0.2, 0) is 4.74 Å². The predicted octanol–water partition coefficient (Wildman–Crippen LogP) is 3.28. The largest absolute Gasteiger partial charge is 0.475 e. The quantitative estimate of drug-likeness (QED) is 0.366. The first-order valence-corrected chi connectivity index (χ1v) is 7.90. The highest BCUT2D eigenvalue weighted by atomic mass is 16.6. The predicted molar refractivity (Wildman–Crippen MR) is 93.9 cm³/mol. The number of carbonyl (C=O) groups is 2. The lowest BCUT2D eigenvalue weighted by molar-refractivity contribution is -0.386. The molecule has 1 atom stereocenters. The fraction of sp³-hybridized carbons (Fsp3) is 0.333. The summed E-state index contributed by atoms with van der Waals surface area (Å²) in [5.74, 6) is -0.954. The van der Waals surface area contributed by atoms with E-state index < -0.39 is 22.8 Å². The number of carbonyl (C=O) groups excluding carboxylic acids is 2. The number of aromatic nitrogens is 1. The summed E-state index contributed by atoms with van der Waals surface area (Å²) in [7, 11) is 1.26. The van der Waals surface area contributed by atoms with Crippen LogP contribution in [0.1, 0.15) is 44.6 Å². The van der Waals surface area contributed by atoms with E-state index in [1.165, 1.54) is 26.2 Å². The number of nitro benzene ring substituents is 1. The molecule has 0 radical (unpaired) electrons. The van der Waals surface area contributed by atoms with Crippen LogP contribution >= 0.6 is 0 Å². The Balaban J connectivity index is 2.32. The number of nitrogens with zero attached hydrogens (tertiary/aromatic N) is 1. The molecule has 0 saturated carbocycles. The number of hydrogen-bond donors (Lipinski definition) is 1. The van der Waals surface area contributed by atoms with Gasteiger partial charge in [0.25, 0.3) is 0 Å². The molecule has 138 valence electrons. The minimum absolute atomic E-state index is 0.00979. The molecule has 1 aromatic heterocycles. The Kier molecular flexibility index (Phi) is 5.44. The molecule has 0 bridgehead atoms. The minimum Gasteiger partial charge on any atom is -0.475 e. The number of nitro groups is 1. The van der Waals surface area contributed by atoms with E-state index in [-0.39, 0.29) is 17.1 Å². The fourth-order valence-corrected chi connectivity index (χ4v) is 2.72. The Morgan fingerprint density at radius 3 is 2.46 bits per heavy atom. The van der Waals surface area contributed by atoms with Crippen molar-refractivity contribution in [1.82, 2.24) is 4.98 Å². The molecule has 0 fully saturated rings. The van der Waals surface area contributed by atoms with Crippen molar-refractivity contribution < 1.29 is 24.0 Å². The van der Waals surface area contributed by atoms with Gasteiger partial charge in [0, 0.05) is 11.8 Å². The lowest BCUT2D eigenvalue weighted by atomic mass is 10.1. The number of esters is 1. The summed E-state index contributed by atoms with van der Waals surface area (Å²) in [6, 6.07) is 4.51. The first kappa shape index (κ1) is 19.2. The fourth-order valence-electron chi connectivity index (χ4n) is 2.72. The number of ether oxygens (including phenoxy) is 2. The van der Waals surface area contributed by atoms with Gasteiger partial charge in [0.05, 0.1) is 23.3 Å². The van der Waals surface area contributed by atoms with Crippen LogP contribution in [0, 0.1) is 30.9 Å². The minimum atomic E-state index is -0.987. The van der Waals surface area contributed by atoms with Gasteiger partial charge in [0.15, 0.2) is 11.9 Å². The van der Waals surface area contributed by atoms with Gasteiger partial charge < -0.3 is 14.5 Å². The third-order valence-electron chi connectivity index (χ3n) is 4.06. The average molecular weight is 360 g/mol. The summed E-state index contributed by atoms with van der Waals surface area (Å²) in [6.07, 6.45) is -0.987. The number of H-pyrrole nitrogens is 1. The van der Waals surface area contributed by atoms with Crippen LogP contribution < -0.4 is 4.74 Å². The second kappa shape index (κ2) is 7.38. The topological polar surface area (TPSA) is 112 Å². The van der Waals surface area contributed by atoms with Crippen LogP contribution in [0.3, 0.4) is 0 Å². The zero-order valence-corrected chi connectivity index (χ0v) is 15.2. The summed E-state index contributed by atoms with van der Waals surface area (Å²) >= 11 is 0. The molecule has 1 N–H and O–H groups in total. The standard InChI is InChI=1S/C18H20N2O6/c1-9-6-7-14(13(8-9)20(23)24)26-12(4)17(21)16-10(2)15(11(3)19-16)18(22)25-5/h6-8,12,19H,1-5H3/t12-/m0/s1. The number of hydrogen-bond acceptors (Lipinski definition) is 6. The van der Waals surface area contributed by atoms with Gasteiger partial charge in [-0.25, -0.2) is 4.79 Å². The van der Waals surface area contributed by atoms with Crippen LogP contribution in [-0.4, -0.2) is 34.9 Å². The molecule has 0 saturated heterocycles. The number of rotatable bonds is 6. The lowest BCUT2D eigenvalue weighted by Gasteiger charge is -2.14. The van der Waals surface area contributed by atoms with Crippen LogP contribution in [0.15, 0.2) is 18.2 Å². The van der Waals surface area contributed by atoms with E-state index in [1.54, 1.807) is 26.8 Å². The summed E-state index contributed by atoms with van der Waals surface area (Å²) in [5.41, 5.74) is 1.97. The first-order chi connectivity index (χ1) is 12.2. The van der Waals surface area contributed by atoms with Crippen molar-refractivity contribution in [3.05, 3.63) is 56.4 Å². The Labute approximate surface area is 150 Å². The van der Waals surface area contributed by atoms with E-state index >= 15 is 0 Å². The number of benzene rings is 1. The van der Waals surface area contributed by atoms with Crippen LogP contribution in [0.5, 0.6) is 5.75 Å². The highest BCUT2D eigenvalue weighted by Crippen LogP contribution is 2.29. The molecule has 1 heterocycles. The molecular weight excluding hydrogens is 340 g/mol. The molecule has 0 spiro atoms. The highest BCUT2D eigenvalue weighted by molar-refractivity contribution is 6.03. The average Bonchev–Trinajstić information content (AvgIpc) is 2.89. The molecule has 1 aromatic carbocycles. The molecule has 8 nitrogen and oxygen atoms in total. The van der Waals surface area contributed by atoms with Crippen molar-refractivity contribution in [1.29, 1.82) is 0 Å². The molecule has 8 heteroatoms. The van der Waals surface area contributed by atoms with Gasteiger partial charge >= 0.3 is 11.7 Å². The zero-order chi connectivity index (χ0) is 19.6. The lowest BCUT2D eigenvalue weighted by Crippen LogP contribution is -2.25. The van der Waals surface area contributed by atoms with Crippen LogP contribution in [0.2, 0.25) is 0 Å². The summed E-state index contributed by atoms with van der Waals surface area (Å²) in [5, 5.41) is 11.2. The van der Waals surface area contributed by atoms with Gasteiger partial charge in [0.1, 0.15) is 0 Å². The summed E-state index contributed by atoms with van der Waals surface area (Å²) < 4.78 is 10.3. The van der Waals surface area contributed by atoms with Crippen molar-refractivity contribution >= 4 is 17.4 Å². The van der Waals surface area contributed by atoms with Crippen LogP contribution in [0.4, 0.5) is 5.69 Å². The van der Waals surface area contributed by atoms with Crippen molar-refractivity contribution in [2.24, 2.45) is 0 Å². The van der Waals surface area contributed by atoms with Gasteiger partial charge in [-0.1, -0.05) is 6.07 Å². The Morgan fingerprint density at radius 1 is 1.23 bits per heavy atom. The van der Waals surface area contributed by atoms with E-state index in [0.717, 1.165) is 0 Å². The van der Waals surface area contributed by atoms with Crippen molar-refractivity contribution in [2.75, 3.05) is 7.11 Å². The van der Waals surface area contributed by atoms with Crippen molar-refractivity contribution in [3.63, 3.8) is 0 Å². The number of nitrogens with one attached hydrogen (secondary N) is 1. The maximum atomic E-state index is 12.7. The first-order valence-electron chi connectivity index (χ1n) is 7.90. The van der Waals surface area contributed by atoms with Gasteiger partial charge in [-0.2, -0.15) is 0 Å². The van der Waals surface area contributed by atoms with E-state index in [9.17, 15) is 19.7 Å². The third kappa shape index (κ3) is 3.58. The normalized spacial score (nSPS) is 11.7. The van der Waals surface area contributed by atoms with Gasteiger partial charge in [-0.15, -0.1) is 0 Å². The number of ketones is 1. The smallest absolute Gasteiger partial charge is 0.339 e. The molecule has 0 unspecified atom stereocenters. The van der Waals surface area contributed by atoms with Gasteiger partial charge in [-0.3, -0.25) is 14.9 Å². The molecule has 0 amide bonds. The van der Waals surface area contributed by atoms with Gasteiger partial charge in [0.2, 0.25) is 5.78 Å². The maximum Gasteiger partial charge on any atom is 0.339 e.